The van der Waals surface area contributed by atoms with Crippen molar-refractivity contribution in [3.05, 3.63) is 0 Å². The minimum atomic E-state index is -0.334. The maximum atomic E-state index is 11.7. The third-order valence-electron chi connectivity index (χ3n) is 5.11. The van der Waals surface area contributed by atoms with Gasteiger partial charge in [-0.2, -0.15) is 0 Å². The van der Waals surface area contributed by atoms with Crippen molar-refractivity contribution in [1.29, 1.82) is 0 Å². The number of ether oxygens (including phenoxy) is 1. The molecule has 2 unspecified atom stereocenters. The molecule has 0 aliphatic rings. The van der Waals surface area contributed by atoms with Gasteiger partial charge in [0.2, 0.25) is 0 Å². The van der Waals surface area contributed by atoms with E-state index in [1.54, 1.807) is 0 Å². The zero-order chi connectivity index (χ0) is 17.9. The monoisotopic (exact) mass is 326 g/mol. The van der Waals surface area contributed by atoms with Crippen molar-refractivity contribution in [2.45, 2.75) is 99.3 Å². The SMILES string of the molecule is COC(=O)C(C)(C)CCCC(C)CCCC(C)CCCC(C)C. The van der Waals surface area contributed by atoms with Crippen molar-refractivity contribution >= 4 is 5.97 Å². The van der Waals surface area contributed by atoms with E-state index >= 15 is 0 Å². The van der Waals surface area contributed by atoms with E-state index in [0.717, 1.165) is 30.6 Å². The van der Waals surface area contributed by atoms with Gasteiger partial charge < -0.3 is 4.74 Å². The number of hydrogen-bond donors (Lipinski definition) is 0. The minimum absolute atomic E-state index is 0.0830. The third kappa shape index (κ3) is 11.6. The lowest BCUT2D eigenvalue weighted by Crippen LogP contribution is -2.25. The first-order valence-corrected chi connectivity index (χ1v) is 9.77. The number of carbonyl (C=O) groups excluding carboxylic acids is 1. The lowest BCUT2D eigenvalue weighted by Gasteiger charge is -2.22. The molecule has 0 bridgehead atoms. The molecule has 0 aromatic heterocycles. The van der Waals surface area contributed by atoms with E-state index in [2.05, 4.69) is 27.7 Å². The summed E-state index contributed by atoms with van der Waals surface area (Å²) in [6.45, 7) is 13.4. The van der Waals surface area contributed by atoms with Crippen LogP contribution in [-0.4, -0.2) is 13.1 Å². The molecule has 0 aliphatic heterocycles. The summed E-state index contributed by atoms with van der Waals surface area (Å²) < 4.78 is 4.87. The lowest BCUT2D eigenvalue weighted by molar-refractivity contribution is -0.151. The molecule has 2 atom stereocenters. The molecule has 0 aromatic rings. The van der Waals surface area contributed by atoms with Crippen molar-refractivity contribution in [1.82, 2.24) is 0 Å². The Morgan fingerprint density at radius 1 is 0.826 bits per heavy atom. The zero-order valence-electron chi connectivity index (χ0n) is 16.9. The molecule has 0 spiro atoms. The first-order chi connectivity index (χ1) is 10.7. The van der Waals surface area contributed by atoms with Crippen LogP contribution in [-0.2, 0) is 9.53 Å². The van der Waals surface area contributed by atoms with Crippen LogP contribution in [0.5, 0.6) is 0 Å². The van der Waals surface area contributed by atoms with Crippen molar-refractivity contribution in [3.63, 3.8) is 0 Å². The van der Waals surface area contributed by atoms with Gasteiger partial charge in [-0.1, -0.05) is 79.1 Å². The van der Waals surface area contributed by atoms with Crippen LogP contribution >= 0.6 is 0 Å². The highest BCUT2D eigenvalue weighted by atomic mass is 16.5. The van der Waals surface area contributed by atoms with Crippen LogP contribution in [0.1, 0.15) is 99.3 Å². The topological polar surface area (TPSA) is 26.3 Å². The number of hydrogen-bond acceptors (Lipinski definition) is 2. The van der Waals surface area contributed by atoms with Crippen molar-refractivity contribution < 1.29 is 9.53 Å². The fourth-order valence-corrected chi connectivity index (χ4v) is 3.25. The van der Waals surface area contributed by atoms with Crippen LogP contribution in [0.4, 0.5) is 0 Å². The molecule has 2 heteroatoms. The summed E-state index contributed by atoms with van der Waals surface area (Å²) in [7, 11) is 1.48. The van der Waals surface area contributed by atoms with Crippen LogP contribution in [0.25, 0.3) is 0 Å². The van der Waals surface area contributed by atoms with Gasteiger partial charge >= 0.3 is 5.97 Å². The Balaban J connectivity index is 3.71. The maximum Gasteiger partial charge on any atom is 0.311 e. The van der Waals surface area contributed by atoms with Gasteiger partial charge in [0, 0.05) is 0 Å². The van der Waals surface area contributed by atoms with Gasteiger partial charge in [-0.3, -0.25) is 4.79 Å². The van der Waals surface area contributed by atoms with Gasteiger partial charge in [-0.05, 0) is 38.0 Å². The summed E-state index contributed by atoms with van der Waals surface area (Å²) in [5.74, 6) is 2.40. The summed E-state index contributed by atoms with van der Waals surface area (Å²) >= 11 is 0. The Bertz CT molecular complexity index is 307. The molecule has 2 nitrogen and oxygen atoms in total. The fraction of sp³-hybridized carbons (Fsp3) is 0.952. The van der Waals surface area contributed by atoms with Gasteiger partial charge in [0.05, 0.1) is 12.5 Å². The third-order valence-corrected chi connectivity index (χ3v) is 5.11. The molecule has 0 rings (SSSR count). The summed E-state index contributed by atoms with van der Waals surface area (Å²) in [6, 6.07) is 0. The van der Waals surface area contributed by atoms with E-state index in [1.165, 1.54) is 52.1 Å². The highest BCUT2D eigenvalue weighted by Gasteiger charge is 2.27. The standard InChI is InChI=1S/C21H42O2/c1-17(2)11-8-12-18(3)13-9-14-19(4)15-10-16-21(5,6)20(22)23-7/h17-19H,8-16H2,1-7H3. The van der Waals surface area contributed by atoms with Gasteiger partial charge in [0.15, 0.2) is 0 Å². The highest BCUT2D eigenvalue weighted by Crippen LogP contribution is 2.27. The average Bonchev–Trinajstić information content (AvgIpc) is 2.45. The Morgan fingerprint density at radius 3 is 1.70 bits per heavy atom. The van der Waals surface area contributed by atoms with E-state index < -0.39 is 0 Å². The molecule has 0 heterocycles. The lowest BCUT2D eigenvalue weighted by atomic mass is 9.85. The molecule has 0 saturated carbocycles. The van der Waals surface area contributed by atoms with Gasteiger partial charge in [-0.15, -0.1) is 0 Å². The summed E-state index contributed by atoms with van der Waals surface area (Å²) in [5, 5.41) is 0. The second-order valence-corrected chi connectivity index (χ2v) is 8.73. The highest BCUT2D eigenvalue weighted by molar-refractivity contribution is 5.75. The predicted molar refractivity (Wildman–Crippen MR) is 101 cm³/mol. The summed E-state index contributed by atoms with van der Waals surface area (Å²) in [4.78, 5) is 11.7. The van der Waals surface area contributed by atoms with Crippen LogP contribution in [0.3, 0.4) is 0 Å². The maximum absolute atomic E-state index is 11.7. The molecule has 0 aliphatic carbocycles. The number of esters is 1. The second kappa shape index (κ2) is 11.9. The molecule has 0 N–H and O–H groups in total. The quantitative estimate of drug-likeness (QED) is 0.355. The summed E-state index contributed by atoms with van der Waals surface area (Å²) in [5.41, 5.74) is -0.334. The predicted octanol–water partition coefficient (Wildman–Crippen LogP) is 6.62. The second-order valence-electron chi connectivity index (χ2n) is 8.73. The first kappa shape index (κ1) is 22.5. The molecule has 0 aromatic carbocycles. The minimum Gasteiger partial charge on any atom is -0.469 e. The number of rotatable bonds is 13. The molecule has 138 valence electrons. The van der Waals surface area contributed by atoms with Gasteiger partial charge in [0.25, 0.3) is 0 Å². The van der Waals surface area contributed by atoms with Crippen LogP contribution in [0.15, 0.2) is 0 Å². The van der Waals surface area contributed by atoms with Gasteiger partial charge in [-0.25, -0.2) is 0 Å². The Labute approximate surface area is 145 Å². The Hall–Kier alpha value is -0.530. The van der Waals surface area contributed by atoms with Crippen molar-refractivity contribution in [2.24, 2.45) is 23.2 Å². The van der Waals surface area contributed by atoms with E-state index in [1.807, 2.05) is 13.8 Å². The molecular formula is C21H42O2. The summed E-state index contributed by atoms with van der Waals surface area (Å²) in [6.07, 6.45) is 11.5. The van der Waals surface area contributed by atoms with E-state index in [4.69, 9.17) is 4.74 Å². The molecular weight excluding hydrogens is 284 g/mol. The fourth-order valence-electron chi connectivity index (χ4n) is 3.25. The molecule has 0 fully saturated rings. The average molecular weight is 327 g/mol. The van der Waals surface area contributed by atoms with Crippen LogP contribution in [0, 0.1) is 23.2 Å². The van der Waals surface area contributed by atoms with E-state index in [0.29, 0.717) is 0 Å². The van der Waals surface area contributed by atoms with E-state index in [-0.39, 0.29) is 11.4 Å². The van der Waals surface area contributed by atoms with Gasteiger partial charge in [0.1, 0.15) is 0 Å². The van der Waals surface area contributed by atoms with Crippen LogP contribution in [0.2, 0.25) is 0 Å². The Kier molecular flexibility index (Phi) is 11.6. The normalized spacial score (nSPS) is 14.8. The Morgan fingerprint density at radius 2 is 1.26 bits per heavy atom. The van der Waals surface area contributed by atoms with Crippen LogP contribution < -0.4 is 0 Å². The number of carbonyl (C=O) groups is 1. The first-order valence-electron chi connectivity index (χ1n) is 9.77. The molecule has 0 radical (unpaired) electrons. The molecule has 23 heavy (non-hydrogen) atoms. The van der Waals surface area contributed by atoms with Crippen molar-refractivity contribution in [2.75, 3.05) is 7.11 Å². The van der Waals surface area contributed by atoms with E-state index in [9.17, 15) is 4.79 Å². The smallest absolute Gasteiger partial charge is 0.311 e. The largest absolute Gasteiger partial charge is 0.469 e. The zero-order valence-corrected chi connectivity index (χ0v) is 16.9. The molecule has 0 amide bonds. The molecule has 0 saturated heterocycles. The van der Waals surface area contributed by atoms with Crippen molar-refractivity contribution in [3.8, 4) is 0 Å². The number of methoxy groups -OCH3 is 1.